The molecular weight excluding hydrogens is 370 g/mol. The standard InChI is InChI=1S/C22H21N3O4/c26-21-13-23-16-4-1-2-5-18(16)25(21)14-22(27)24-9-3-6-17(24)15-7-8-19-20(12-15)29-11-10-28-19/h1-2,4-5,7-8,12-13,17H,3,6,9-11,14H2. The van der Waals surface area contributed by atoms with Crippen LogP contribution in [-0.4, -0.2) is 40.1 Å². The first-order valence-electron chi connectivity index (χ1n) is 9.84. The summed E-state index contributed by atoms with van der Waals surface area (Å²) < 4.78 is 12.8. The van der Waals surface area contributed by atoms with E-state index in [1.165, 1.54) is 10.8 Å². The van der Waals surface area contributed by atoms with E-state index >= 15 is 0 Å². The Bertz CT molecular complexity index is 1140. The lowest BCUT2D eigenvalue weighted by Gasteiger charge is -2.27. The zero-order chi connectivity index (χ0) is 19.8. The van der Waals surface area contributed by atoms with E-state index in [1.54, 1.807) is 0 Å². The van der Waals surface area contributed by atoms with E-state index < -0.39 is 0 Å². The van der Waals surface area contributed by atoms with Gasteiger partial charge in [0.15, 0.2) is 11.5 Å². The summed E-state index contributed by atoms with van der Waals surface area (Å²) in [6.45, 7) is 1.76. The number of nitrogens with zero attached hydrogens (tertiary/aromatic N) is 3. The molecule has 1 unspecified atom stereocenters. The number of rotatable bonds is 3. The molecule has 7 heteroatoms. The molecule has 0 bridgehead atoms. The minimum atomic E-state index is -0.271. The van der Waals surface area contributed by atoms with Crippen molar-refractivity contribution in [2.24, 2.45) is 0 Å². The molecule has 148 valence electrons. The topological polar surface area (TPSA) is 73.7 Å². The smallest absolute Gasteiger partial charge is 0.269 e. The molecule has 0 radical (unpaired) electrons. The second-order valence-corrected chi connectivity index (χ2v) is 7.32. The molecule has 0 spiro atoms. The summed E-state index contributed by atoms with van der Waals surface area (Å²) in [5.41, 5.74) is 2.13. The number of likely N-dealkylation sites (tertiary alicyclic amines) is 1. The molecule has 2 aliphatic heterocycles. The summed E-state index contributed by atoms with van der Waals surface area (Å²) in [5.74, 6) is 1.40. The zero-order valence-corrected chi connectivity index (χ0v) is 15.9. The lowest BCUT2D eigenvalue weighted by atomic mass is 10.0. The van der Waals surface area contributed by atoms with E-state index in [9.17, 15) is 9.59 Å². The van der Waals surface area contributed by atoms with E-state index in [2.05, 4.69) is 4.98 Å². The number of hydrogen-bond donors (Lipinski definition) is 0. The molecule has 5 rings (SSSR count). The van der Waals surface area contributed by atoms with Gasteiger partial charge in [0.05, 0.1) is 23.3 Å². The van der Waals surface area contributed by atoms with Crippen molar-refractivity contribution in [3.05, 3.63) is 64.6 Å². The average Bonchev–Trinajstić information content (AvgIpc) is 3.25. The van der Waals surface area contributed by atoms with Crippen molar-refractivity contribution in [3.63, 3.8) is 0 Å². The first kappa shape index (κ1) is 17.7. The molecular formula is C22H21N3O4. The number of carbonyl (C=O) groups excluding carboxylic acids is 1. The van der Waals surface area contributed by atoms with Crippen LogP contribution in [0.4, 0.5) is 0 Å². The van der Waals surface area contributed by atoms with E-state index in [1.807, 2.05) is 47.4 Å². The van der Waals surface area contributed by atoms with Crippen LogP contribution in [0.1, 0.15) is 24.4 Å². The third-order valence-electron chi connectivity index (χ3n) is 5.57. The molecule has 3 heterocycles. The summed E-state index contributed by atoms with van der Waals surface area (Å²) in [6.07, 6.45) is 3.09. The quantitative estimate of drug-likeness (QED) is 0.686. The lowest BCUT2D eigenvalue weighted by molar-refractivity contribution is -0.132. The van der Waals surface area contributed by atoms with Crippen molar-refractivity contribution < 1.29 is 14.3 Å². The van der Waals surface area contributed by atoms with Gasteiger partial charge >= 0.3 is 0 Å². The monoisotopic (exact) mass is 391 g/mol. The fraction of sp³-hybridized carbons (Fsp3) is 0.318. The maximum atomic E-state index is 13.2. The van der Waals surface area contributed by atoms with Crippen molar-refractivity contribution in [1.29, 1.82) is 0 Å². The van der Waals surface area contributed by atoms with E-state index in [4.69, 9.17) is 9.47 Å². The van der Waals surface area contributed by atoms with Gasteiger partial charge < -0.3 is 14.4 Å². The van der Waals surface area contributed by atoms with Gasteiger partial charge in [-0.2, -0.15) is 0 Å². The summed E-state index contributed by atoms with van der Waals surface area (Å²) in [6, 6.07) is 13.2. The Kier molecular flexibility index (Phi) is 4.42. The molecule has 2 aromatic carbocycles. The number of benzene rings is 2. The van der Waals surface area contributed by atoms with Crippen LogP contribution in [0.15, 0.2) is 53.5 Å². The van der Waals surface area contributed by atoms with Gasteiger partial charge in [0, 0.05) is 6.54 Å². The lowest BCUT2D eigenvalue weighted by Crippen LogP contribution is -2.36. The van der Waals surface area contributed by atoms with Gasteiger partial charge in [0.1, 0.15) is 19.8 Å². The summed E-state index contributed by atoms with van der Waals surface area (Å²) in [4.78, 5) is 31.6. The van der Waals surface area contributed by atoms with Crippen LogP contribution in [0.25, 0.3) is 11.0 Å². The number of fused-ring (bicyclic) bond motifs is 2. The number of carbonyl (C=O) groups is 1. The van der Waals surface area contributed by atoms with Crippen molar-refractivity contribution in [1.82, 2.24) is 14.5 Å². The highest BCUT2D eigenvalue weighted by Crippen LogP contribution is 2.38. The van der Waals surface area contributed by atoms with Crippen LogP contribution >= 0.6 is 0 Å². The Morgan fingerprint density at radius 2 is 1.93 bits per heavy atom. The molecule has 29 heavy (non-hydrogen) atoms. The van der Waals surface area contributed by atoms with E-state index in [0.717, 1.165) is 29.9 Å². The van der Waals surface area contributed by atoms with Gasteiger partial charge in [-0.05, 0) is 42.7 Å². The van der Waals surface area contributed by atoms with Crippen LogP contribution in [0.5, 0.6) is 11.5 Å². The summed E-state index contributed by atoms with van der Waals surface area (Å²) in [7, 11) is 0. The van der Waals surface area contributed by atoms with Crippen LogP contribution in [0.2, 0.25) is 0 Å². The minimum absolute atomic E-state index is 0.00290. The van der Waals surface area contributed by atoms with Gasteiger partial charge in [0.25, 0.3) is 5.56 Å². The van der Waals surface area contributed by atoms with Crippen molar-refractivity contribution in [2.75, 3.05) is 19.8 Å². The third kappa shape index (κ3) is 3.22. The number of amides is 1. The van der Waals surface area contributed by atoms with Gasteiger partial charge in [-0.25, -0.2) is 4.98 Å². The molecule has 0 saturated carbocycles. The molecule has 1 saturated heterocycles. The van der Waals surface area contributed by atoms with Gasteiger partial charge in [-0.15, -0.1) is 0 Å². The minimum Gasteiger partial charge on any atom is -0.486 e. The Morgan fingerprint density at radius 3 is 2.83 bits per heavy atom. The molecule has 1 atom stereocenters. The fourth-order valence-electron chi connectivity index (χ4n) is 4.18. The Labute approximate surface area is 167 Å². The number of ether oxygens (including phenoxy) is 2. The number of para-hydroxylation sites is 2. The number of hydrogen-bond acceptors (Lipinski definition) is 5. The second-order valence-electron chi connectivity index (χ2n) is 7.32. The highest BCUT2D eigenvalue weighted by molar-refractivity contribution is 5.80. The maximum Gasteiger partial charge on any atom is 0.269 e. The fourth-order valence-corrected chi connectivity index (χ4v) is 4.18. The molecule has 1 aromatic heterocycles. The van der Waals surface area contributed by atoms with Crippen LogP contribution in [-0.2, 0) is 11.3 Å². The SMILES string of the molecule is O=C(Cn1c(=O)cnc2ccccc21)N1CCCC1c1ccc2c(c1)OCCO2. The summed E-state index contributed by atoms with van der Waals surface area (Å²) in [5, 5.41) is 0. The van der Waals surface area contributed by atoms with Crippen LogP contribution < -0.4 is 15.0 Å². The Hall–Kier alpha value is -3.35. The molecule has 0 N–H and O–H groups in total. The zero-order valence-electron chi connectivity index (χ0n) is 15.9. The highest BCUT2D eigenvalue weighted by atomic mass is 16.6. The summed E-state index contributed by atoms with van der Waals surface area (Å²) >= 11 is 0. The first-order valence-corrected chi connectivity index (χ1v) is 9.84. The third-order valence-corrected chi connectivity index (χ3v) is 5.57. The second kappa shape index (κ2) is 7.24. The predicted molar refractivity (Wildman–Crippen MR) is 107 cm³/mol. The van der Waals surface area contributed by atoms with Crippen molar-refractivity contribution in [2.45, 2.75) is 25.4 Å². The predicted octanol–water partition coefficient (Wildman–Crippen LogP) is 2.53. The molecule has 1 fully saturated rings. The number of aromatic nitrogens is 2. The molecule has 3 aromatic rings. The molecule has 7 nitrogen and oxygen atoms in total. The Balaban J connectivity index is 1.43. The van der Waals surface area contributed by atoms with Gasteiger partial charge in [-0.1, -0.05) is 18.2 Å². The van der Waals surface area contributed by atoms with Crippen molar-refractivity contribution in [3.8, 4) is 11.5 Å². The highest BCUT2D eigenvalue weighted by Gasteiger charge is 2.31. The van der Waals surface area contributed by atoms with Gasteiger partial charge in [-0.3, -0.25) is 14.2 Å². The van der Waals surface area contributed by atoms with Crippen LogP contribution in [0.3, 0.4) is 0 Å². The first-order chi connectivity index (χ1) is 14.2. The largest absolute Gasteiger partial charge is 0.486 e. The average molecular weight is 391 g/mol. The van der Waals surface area contributed by atoms with E-state index in [0.29, 0.717) is 30.8 Å². The van der Waals surface area contributed by atoms with Gasteiger partial charge in [0.2, 0.25) is 5.91 Å². The van der Waals surface area contributed by atoms with Crippen LogP contribution in [0, 0.1) is 0 Å². The Morgan fingerprint density at radius 1 is 1.10 bits per heavy atom. The maximum absolute atomic E-state index is 13.2. The molecule has 1 amide bonds. The molecule has 0 aliphatic carbocycles. The van der Waals surface area contributed by atoms with Crippen molar-refractivity contribution >= 4 is 16.9 Å². The van der Waals surface area contributed by atoms with E-state index in [-0.39, 0.29) is 24.1 Å². The normalized spacial score (nSPS) is 18.2. The molecule has 2 aliphatic rings.